The minimum Gasteiger partial charge on any atom is -0.491 e. The van der Waals surface area contributed by atoms with Gasteiger partial charge in [0.15, 0.2) is 11.5 Å². The van der Waals surface area contributed by atoms with Crippen LogP contribution in [0.2, 0.25) is 5.02 Å². The number of ether oxygens (including phenoxy) is 2. The average Bonchev–Trinajstić information content (AvgIpc) is 2.16. The van der Waals surface area contributed by atoms with E-state index in [1.54, 1.807) is 13.2 Å². The molecule has 15 heavy (non-hydrogen) atoms. The summed E-state index contributed by atoms with van der Waals surface area (Å²) >= 11 is 6.00. The molecule has 1 aromatic rings. The Hall–Kier alpha value is -0.930. The van der Waals surface area contributed by atoms with E-state index in [2.05, 4.69) is 12.2 Å². The number of halogens is 1. The van der Waals surface area contributed by atoms with E-state index in [-0.39, 0.29) is 5.60 Å². The zero-order chi connectivity index (χ0) is 10.9. The first-order valence-electron chi connectivity index (χ1n) is 4.87. The number of rotatable bonds is 3. The minimum atomic E-state index is -0.141. The predicted octanol–water partition coefficient (Wildman–Crippen LogP) is 2.09. The maximum Gasteiger partial charge on any atom is 0.179 e. The van der Waals surface area contributed by atoms with Gasteiger partial charge in [-0.15, -0.1) is 0 Å². The fourth-order valence-electron chi connectivity index (χ4n) is 1.58. The molecule has 0 bridgehead atoms. The number of hydrogen-bond donors (Lipinski definition) is 1. The van der Waals surface area contributed by atoms with Crippen LogP contribution in [0, 0.1) is 0 Å². The Labute approximate surface area is 94.3 Å². The van der Waals surface area contributed by atoms with Gasteiger partial charge in [-0.3, -0.25) is 0 Å². The first-order valence-corrected chi connectivity index (χ1v) is 5.25. The van der Waals surface area contributed by atoms with Crippen molar-refractivity contribution in [2.24, 2.45) is 0 Å². The molecule has 0 aliphatic carbocycles. The maximum atomic E-state index is 6.00. The minimum absolute atomic E-state index is 0.141. The summed E-state index contributed by atoms with van der Waals surface area (Å²) in [5.74, 6) is 1.31. The zero-order valence-corrected chi connectivity index (χ0v) is 9.60. The fourth-order valence-corrected chi connectivity index (χ4v) is 1.83. The van der Waals surface area contributed by atoms with Gasteiger partial charge in [-0.1, -0.05) is 17.7 Å². The molecule has 2 rings (SSSR count). The summed E-state index contributed by atoms with van der Waals surface area (Å²) in [4.78, 5) is 0. The Morgan fingerprint density at radius 2 is 2.13 bits per heavy atom. The lowest BCUT2D eigenvalue weighted by Gasteiger charge is -2.39. The number of methoxy groups -OCH3 is 1. The van der Waals surface area contributed by atoms with Crippen molar-refractivity contribution < 1.29 is 9.47 Å². The summed E-state index contributed by atoms with van der Waals surface area (Å²) < 4.78 is 11.1. The monoisotopic (exact) mass is 227 g/mol. The molecule has 1 aliphatic heterocycles. The molecule has 0 unspecified atom stereocenters. The highest BCUT2D eigenvalue weighted by Gasteiger charge is 2.34. The van der Waals surface area contributed by atoms with Crippen LogP contribution in [0.25, 0.3) is 0 Å². The molecule has 82 valence electrons. The molecular formula is C11H14ClNO2. The van der Waals surface area contributed by atoms with Gasteiger partial charge in [-0.25, -0.2) is 0 Å². The van der Waals surface area contributed by atoms with Crippen LogP contribution in [0.4, 0.5) is 0 Å². The highest BCUT2D eigenvalue weighted by atomic mass is 35.5. The van der Waals surface area contributed by atoms with Crippen molar-refractivity contribution in [1.29, 1.82) is 0 Å². The van der Waals surface area contributed by atoms with Crippen molar-refractivity contribution in [1.82, 2.24) is 5.32 Å². The normalized spacial score (nSPS) is 18.1. The summed E-state index contributed by atoms with van der Waals surface area (Å²) in [7, 11) is 1.59. The van der Waals surface area contributed by atoms with Gasteiger partial charge >= 0.3 is 0 Å². The van der Waals surface area contributed by atoms with E-state index in [1.807, 2.05) is 12.1 Å². The lowest BCUT2D eigenvalue weighted by Crippen LogP contribution is -2.61. The molecule has 3 nitrogen and oxygen atoms in total. The number of nitrogens with one attached hydrogen (secondary N) is 1. The first kappa shape index (κ1) is 10.6. The summed E-state index contributed by atoms with van der Waals surface area (Å²) in [5, 5.41) is 3.75. The van der Waals surface area contributed by atoms with Crippen LogP contribution >= 0.6 is 11.6 Å². The molecule has 0 radical (unpaired) electrons. The lowest BCUT2D eigenvalue weighted by molar-refractivity contribution is 0.0324. The van der Waals surface area contributed by atoms with Gasteiger partial charge in [0, 0.05) is 13.1 Å². The number of hydrogen-bond acceptors (Lipinski definition) is 3. The van der Waals surface area contributed by atoms with Gasteiger partial charge < -0.3 is 14.8 Å². The molecule has 0 aromatic heterocycles. The largest absolute Gasteiger partial charge is 0.491 e. The molecule has 1 saturated heterocycles. The van der Waals surface area contributed by atoms with Gasteiger partial charge in [0.1, 0.15) is 5.60 Å². The van der Waals surface area contributed by atoms with Crippen LogP contribution in [0.1, 0.15) is 6.92 Å². The predicted molar refractivity (Wildman–Crippen MR) is 59.9 cm³/mol. The Bertz CT molecular complexity index is 364. The number of para-hydroxylation sites is 1. The molecule has 4 heteroatoms. The standard InChI is InChI=1S/C11H14ClNO2/c1-11(6-13-7-11)15-9-5-3-4-8(12)10(9)14-2/h3-5,13H,6-7H2,1-2H3. The van der Waals surface area contributed by atoms with E-state index in [1.165, 1.54) is 0 Å². The zero-order valence-electron chi connectivity index (χ0n) is 8.84. The summed E-state index contributed by atoms with van der Waals surface area (Å²) in [6, 6.07) is 5.51. The van der Waals surface area contributed by atoms with Crippen molar-refractivity contribution in [2.75, 3.05) is 20.2 Å². The Kier molecular flexibility index (Phi) is 2.76. The molecule has 0 amide bonds. The van der Waals surface area contributed by atoms with Crippen LogP contribution < -0.4 is 14.8 Å². The van der Waals surface area contributed by atoms with Gasteiger partial charge in [0.25, 0.3) is 0 Å². The van der Waals surface area contributed by atoms with Gasteiger partial charge in [0.2, 0.25) is 0 Å². The summed E-state index contributed by atoms with van der Waals surface area (Å²) in [6.07, 6.45) is 0. The van der Waals surface area contributed by atoms with Crippen molar-refractivity contribution in [3.8, 4) is 11.5 Å². The highest BCUT2D eigenvalue weighted by molar-refractivity contribution is 6.32. The average molecular weight is 228 g/mol. The fraction of sp³-hybridized carbons (Fsp3) is 0.455. The second-order valence-electron chi connectivity index (χ2n) is 3.93. The molecular weight excluding hydrogens is 214 g/mol. The molecule has 1 aromatic carbocycles. The third kappa shape index (κ3) is 2.03. The van der Waals surface area contributed by atoms with Crippen LogP contribution in [-0.2, 0) is 0 Å². The van der Waals surface area contributed by atoms with E-state index >= 15 is 0 Å². The molecule has 1 N–H and O–H groups in total. The van der Waals surface area contributed by atoms with E-state index in [9.17, 15) is 0 Å². The van der Waals surface area contributed by atoms with Gasteiger partial charge in [-0.05, 0) is 19.1 Å². The SMILES string of the molecule is COc1c(Cl)cccc1OC1(C)CNC1. The van der Waals surface area contributed by atoms with Crippen molar-refractivity contribution in [3.05, 3.63) is 23.2 Å². The highest BCUT2D eigenvalue weighted by Crippen LogP contribution is 2.36. The Morgan fingerprint density at radius 3 is 2.67 bits per heavy atom. The van der Waals surface area contributed by atoms with Crippen LogP contribution in [0.5, 0.6) is 11.5 Å². The van der Waals surface area contributed by atoms with E-state index in [4.69, 9.17) is 21.1 Å². The molecule has 1 fully saturated rings. The second-order valence-corrected chi connectivity index (χ2v) is 4.33. The van der Waals surface area contributed by atoms with Crippen LogP contribution in [0.3, 0.4) is 0 Å². The van der Waals surface area contributed by atoms with Crippen molar-refractivity contribution in [2.45, 2.75) is 12.5 Å². The van der Waals surface area contributed by atoms with E-state index in [0.29, 0.717) is 16.5 Å². The van der Waals surface area contributed by atoms with Gasteiger partial charge in [-0.2, -0.15) is 0 Å². The third-order valence-electron chi connectivity index (χ3n) is 2.49. The Balaban J connectivity index is 2.23. The van der Waals surface area contributed by atoms with Crippen LogP contribution in [0.15, 0.2) is 18.2 Å². The topological polar surface area (TPSA) is 30.5 Å². The molecule has 0 spiro atoms. The smallest absolute Gasteiger partial charge is 0.179 e. The van der Waals surface area contributed by atoms with Crippen molar-refractivity contribution in [3.63, 3.8) is 0 Å². The molecule has 0 saturated carbocycles. The second kappa shape index (κ2) is 3.91. The number of benzene rings is 1. The molecule has 1 heterocycles. The van der Waals surface area contributed by atoms with E-state index in [0.717, 1.165) is 13.1 Å². The summed E-state index contributed by atoms with van der Waals surface area (Å²) in [5.41, 5.74) is -0.141. The lowest BCUT2D eigenvalue weighted by atomic mass is 10.00. The van der Waals surface area contributed by atoms with Crippen molar-refractivity contribution >= 4 is 11.6 Å². The quantitative estimate of drug-likeness (QED) is 0.858. The van der Waals surface area contributed by atoms with Crippen LogP contribution in [-0.4, -0.2) is 25.8 Å². The van der Waals surface area contributed by atoms with Gasteiger partial charge in [0.05, 0.1) is 12.1 Å². The maximum absolute atomic E-state index is 6.00. The molecule has 1 aliphatic rings. The van der Waals surface area contributed by atoms with E-state index < -0.39 is 0 Å². The molecule has 0 atom stereocenters. The third-order valence-corrected chi connectivity index (χ3v) is 2.79. The Morgan fingerprint density at radius 1 is 1.40 bits per heavy atom. The summed E-state index contributed by atoms with van der Waals surface area (Å²) in [6.45, 7) is 3.76. The first-order chi connectivity index (χ1) is 7.14.